The highest BCUT2D eigenvalue weighted by atomic mass is 32.1. The number of hydrogen-bond donors (Lipinski definition) is 1. The van der Waals surface area contributed by atoms with E-state index in [1.54, 1.807) is 11.3 Å². The highest BCUT2D eigenvalue weighted by Crippen LogP contribution is 2.17. The molecular formula is C12H21NS. The first kappa shape index (κ1) is 11.7. The smallest absolute Gasteiger partial charge is 0.00388 e. The van der Waals surface area contributed by atoms with Gasteiger partial charge < -0.3 is 5.32 Å². The molecule has 0 amide bonds. The van der Waals surface area contributed by atoms with E-state index < -0.39 is 0 Å². The predicted molar refractivity (Wildman–Crippen MR) is 65.1 cm³/mol. The van der Waals surface area contributed by atoms with Gasteiger partial charge in [-0.3, -0.25) is 0 Å². The maximum Gasteiger partial charge on any atom is 0.00388 e. The van der Waals surface area contributed by atoms with E-state index >= 15 is 0 Å². The van der Waals surface area contributed by atoms with E-state index in [4.69, 9.17) is 0 Å². The fourth-order valence-corrected chi connectivity index (χ4v) is 2.37. The van der Waals surface area contributed by atoms with Crippen LogP contribution in [-0.2, 0) is 0 Å². The molecule has 0 aliphatic rings. The number of rotatable bonds is 6. The molecule has 2 heteroatoms. The van der Waals surface area contributed by atoms with E-state index in [0.717, 1.165) is 6.54 Å². The van der Waals surface area contributed by atoms with Crippen molar-refractivity contribution in [3.05, 3.63) is 22.4 Å². The van der Waals surface area contributed by atoms with Gasteiger partial charge in [0.1, 0.15) is 0 Å². The van der Waals surface area contributed by atoms with Crippen molar-refractivity contribution in [2.75, 3.05) is 6.54 Å². The number of hydrogen-bond acceptors (Lipinski definition) is 2. The van der Waals surface area contributed by atoms with Gasteiger partial charge >= 0.3 is 0 Å². The molecule has 0 aliphatic heterocycles. The van der Waals surface area contributed by atoms with Gasteiger partial charge in [-0.15, -0.1) is 0 Å². The minimum atomic E-state index is 0.639. The van der Waals surface area contributed by atoms with E-state index in [1.807, 2.05) is 0 Å². The van der Waals surface area contributed by atoms with Crippen molar-refractivity contribution in [1.29, 1.82) is 0 Å². The lowest BCUT2D eigenvalue weighted by Crippen LogP contribution is -2.29. The van der Waals surface area contributed by atoms with Crippen LogP contribution in [0.5, 0.6) is 0 Å². The van der Waals surface area contributed by atoms with E-state index in [-0.39, 0.29) is 0 Å². The van der Waals surface area contributed by atoms with Crippen LogP contribution >= 0.6 is 11.3 Å². The van der Waals surface area contributed by atoms with E-state index in [9.17, 15) is 0 Å². The molecule has 0 fully saturated rings. The van der Waals surface area contributed by atoms with Crippen LogP contribution in [0.1, 0.15) is 45.1 Å². The van der Waals surface area contributed by atoms with Gasteiger partial charge in [-0.1, -0.05) is 20.3 Å². The second-order valence-electron chi connectivity index (χ2n) is 4.06. The molecule has 1 N–H and O–H groups in total. The second kappa shape index (κ2) is 6.20. The zero-order valence-electron chi connectivity index (χ0n) is 9.42. The normalized spacial score (nSPS) is 15.4. The molecule has 1 heterocycles. The molecule has 1 aromatic heterocycles. The zero-order chi connectivity index (χ0) is 10.4. The van der Waals surface area contributed by atoms with Crippen LogP contribution < -0.4 is 5.32 Å². The fraction of sp³-hybridized carbons (Fsp3) is 0.667. The fourth-order valence-electron chi connectivity index (χ4n) is 1.59. The topological polar surface area (TPSA) is 12.0 Å². The minimum absolute atomic E-state index is 0.639. The maximum atomic E-state index is 3.58. The van der Waals surface area contributed by atoms with Crippen molar-refractivity contribution in [3.8, 4) is 0 Å². The van der Waals surface area contributed by atoms with Crippen molar-refractivity contribution in [2.24, 2.45) is 0 Å². The molecule has 0 radical (unpaired) electrons. The number of nitrogens with one attached hydrogen (secondary N) is 1. The van der Waals surface area contributed by atoms with E-state index in [1.165, 1.54) is 18.4 Å². The first-order valence-corrected chi connectivity index (χ1v) is 6.43. The lowest BCUT2D eigenvalue weighted by Gasteiger charge is -2.16. The van der Waals surface area contributed by atoms with Crippen LogP contribution in [-0.4, -0.2) is 12.6 Å². The third-order valence-corrected chi connectivity index (χ3v) is 3.31. The third kappa shape index (κ3) is 3.81. The molecule has 0 saturated heterocycles. The van der Waals surface area contributed by atoms with Gasteiger partial charge in [-0.05, 0) is 41.7 Å². The van der Waals surface area contributed by atoms with E-state index in [0.29, 0.717) is 12.0 Å². The third-order valence-electron chi connectivity index (χ3n) is 2.61. The standard InChI is InChI=1S/C12H21NS/c1-4-5-11(3)13-8-10(2)12-6-7-14-9-12/h6-7,9-11,13H,4-5,8H2,1-3H3. The van der Waals surface area contributed by atoms with Crippen molar-refractivity contribution in [1.82, 2.24) is 5.32 Å². The molecule has 80 valence electrons. The Bertz CT molecular complexity index is 230. The summed E-state index contributed by atoms with van der Waals surface area (Å²) in [7, 11) is 0. The first-order valence-electron chi connectivity index (χ1n) is 5.49. The lowest BCUT2D eigenvalue weighted by molar-refractivity contribution is 0.488. The maximum absolute atomic E-state index is 3.58. The van der Waals surface area contributed by atoms with E-state index in [2.05, 4.69) is 42.9 Å². The van der Waals surface area contributed by atoms with Gasteiger partial charge in [-0.2, -0.15) is 11.3 Å². The average Bonchev–Trinajstić information content (AvgIpc) is 2.67. The molecule has 14 heavy (non-hydrogen) atoms. The summed E-state index contributed by atoms with van der Waals surface area (Å²) in [6, 6.07) is 2.88. The molecule has 0 bridgehead atoms. The van der Waals surface area contributed by atoms with Gasteiger partial charge in [0, 0.05) is 12.6 Å². The Kier molecular flexibility index (Phi) is 5.20. The molecule has 1 nitrogen and oxygen atoms in total. The SMILES string of the molecule is CCCC(C)NCC(C)c1ccsc1. The Morgan fingerprint density at radius 1 is 1.43 bits per heavy atom. The minimum Gasteiger partial charge on any atom is -0.314 e. The summed E-state index contributed by atoms with van der Waals surface area (Å²) in [6.45, 7) is 7.88. The average molecular weight is 211 g/mol. The zero-order valence-corrected chi connectivity index (χ0v) is 10.2. The van der Waals surface area contributed by atoms with Gasteiger partial charge in [0.05, 0.1) is 0 Å². The molecule has 0 aromatic carbocycles. The van der Waals surface area contributed by atoms with Crippen LogP contribution in [0.4, 0.5) is 0 Å². The lowest BCUT2D eigenvalue weighted by atomic mass is 10.0. The van der Waals surface area contributed by atoms with Gasteiger partial charge in [0.2, 0.25) is 0 Å². The molecule has 0 spiro atoms. The molecule has 0 aliphatic carbocycles. The quantitative estimate of drug-likeness (QED) is 0.757. The van der Waals surface area contributed by atoms with Crippen molar-refractivity contribution in [3.63, 3.8) is 0 Å². The van der Waals surface area contributed by atoms with Crippen LogP contribution in [0, 0.1) is 0 Å². The van der Waals surface area contributed by atoms with Gasteiger partial charge in [-0.25, -0.2) is 0 Å². The largest absolute Gasteiger partial charge is 0.314 e. The Hall–Kier alpha value is -0.340. The highest BCUT2D eigenvalue weighted by molar-refractivity contribution is 7.07. The summed E-state index contributed by atoms with van der Waals surface area (Å²) >= 11 is 1.78. The summed E-state index contributed by atoms with van der Waals surface area (Å²) in [5.74, 6) is 0.639. The summed E-state index contributed by atoms with van der Waals surface area (Å²) in [4.78, 5) is 0. The van der Waals surface area contributed by atoms with Crippen LogP contribution in [0.25, 0.3) is 0 Å². The Labute approximate surface area is 91.5 Å². The van der Waals surface area contributed by atoms with Crippen LogP contribution in [0.2, 0.25) is 0 Å². The summed E-state index contributed by atoms with van der Waals surface area (Å²) in [5.41, 5.74) is 1.46. The molecule has 2 atom stereocenters. The summed E-state index contributed by atoms with van der Waals surface area (Å²) in [6.07, 6.45) is 2.54. The van der Waals surface area contributed by atoms with Crippen molar-refractivity contribution >= 4 is 11.3 Å². The van der Waals surface area contributed by atoms with Gasteiger partial charge in [0.15, 0.2) is 0 Å². The Morgan fingerprint density at radius 3 is 2.79 bits per heavy atom. The van der Waals surface area contributed by atoms with Crippen LogP contribution in [0.3, 0.4) is 0 Å². The summed E-state index contributed by atoms with van der Waals surface area (Å²) < 4.78 is 0. The number of thiophene rings is 1. The van der Waals surface area contributed by atoms with Crippen molar-refractivity contribution < 1.29 is 0 Å². The Morgan fingerprint density at radius 2 is 2.21 bits per heavy atom. The molecular weight excluding hydrogens is 190 g/mol. The highest BCUT2D eigenvalue weighted by Gasteiger charge is 2.07. The first-order chi connectivity index (χ1) is 6.74. The van der Waals surface area contributed by atoms with Crippen LogP contribution in [0.15, 0.2) is 16.8 Å². The monoisotopic (exact) mass is 211 g/mol. The second-order valence-corrected chi connectivity index (χ2v) is 4.84. The van der Waals surface area contributed by atoms with Gasteiger partial charge in [0.25, 0.3) is 0 Å². The van der Waals surface area contributed by atoms with Crippen molar-refractivity contribution in [2.45, 2.75) is 45.6 Å². The Balaban J connectivity index is 2.24. The molecule has 0 saturated carbocycles. The molecule has 1 aromatic rings. The molecule has 1 rings (SSSR count). The predicted octanol–water partition coefficient (Wildman–Crippen LogP) is 3.63. The summed E-state index contributed by atoms with van der Waals surface area (Å²) in [5, 5.41) is 7.98. The molecule has 2 unspecified atom stereocenters.